The first kappa shape index (κ1) is 25.4. The van der Waals surface area contributed by atoms with E-state index in [2.05, 4.69) is 41.1 Å². The van der Waals surface area contributed by atoms with Crippen LogP contribution in [0.1, 0.15) is 45.8 Å². The number of nitrogens with two attached hydrogens (primary N) is 1. The fraction of sp³-hybridized carbons (Fsp3) is 0.348. The predicted molar refractivity (Wildman–Crippen MR) is 125 cm³/mol. The van der Waals surface area contributed by atoms with Gasteiger partial charge in [0.1, 0.15) is 11.9 Å². The van der Waals surface area contributed by atoms with Gasteiger partial charge in [-0.25, -0.2) is 18.6 Å². The summed E-state index contributed by atoms with van der Waals surface area (Å²) in [5.74, 6) is -0.928. The molecule has 3 aromatic rings. The second-order valence-electron chi connectivity index (χ2n) is 8.16. The number of carbonyl (C=O) groups excluding carboxylic acids is 2. The highest BCUT2D eigenvalue weighted by molar-refractivity contribution is 7.97. The second kappa shape index (κ2) is 10.4. The number of nitrogens with zero attached hydrogens (tertiary/aromatic N) is 3. The molecule has 0 saturated carbocycles. The van der Waals surface area contributed by atoms with Crippen molar-refractivity contribution < 1.29 is 18.4 Å². The third-order valence-corrected chi connectivity index (χ3v) is 7.08. The lowest BCUT2D eigenvalue weighted by Gasteiger charge is -2.40. The molecule has 4 rings (SSSR count). The van der Waals surface area contributed by atoms with E-state index in [1.54, 1.807) is 6.07 Å². The van der Waals surface area contributed by atoms with Crippen LogP contribution in [-0.4, -0.2) is 34.4 Å². The van der Waals surface area contributed by atoms with Gasteiger partial charge in [-0.3, -0.25) is 0 Å². The number of rotatable bonds is 4. The van der Waals surface area contributed by atoms with Gasteiger partial charge in [-0.05, 0) is 80.1 Å². The molecule has 0 spiro atoms. The van der Waals surface area contributed by atoms with Gasteiger partial charge in [0.2, 0.25) is 5.89 Å². The molecule has 2 atom stereocenters. The fourth-order valence-corrected chi connectivity index (χ4v) is 5.28. The Morgan fingerprint density at radius 1 is 1.18 bits per heavy atom. The van der Waals surface area contributed by atoms with Crippen molar-refractivity contribution in [2.24, 2.45) is 5.73 Å². The second-order valence-corrected chi connectivity index (χ2v) is 9.25. The maximum Gasteiger partial charge on any atom is 0.434 e. The summed E-state index contributed by atoms with van der Waals surface area (Å²) in [5.41, 5.74) is 12.3. The van der Waals surface area contributed by atoms with E-state index in [-0.39, 0.29) is 17.9 Å². The molecular weight excluding hydrogens is 461 g/mol. The van der Waals surface area contributed by atoms with Crippen LogP contribution in [0.25, 0.3) is 0 Å². The van der Waals surface area contributed by atoms with E-state index in [1.165, 1.54) is 29.1 Å². The molecular formula is C23H26FN5O4S. The highest BCUT2D eigenvalue weighted by Gasteiger charge is 2.38. The van der Waals surface area contributed by atoms with Crippen LogP contribution in [0.2, 0.25) is 0 Å². The Balaban J connectivity index is 0.00000103. The minimum absolute atomic E-state index is 0.131. The lowest BCUT2D eigenvalue weighted by Crippen LogP contribution is -2.41. The van der Waals surface area contributed by atoms with E-state index in [9.17, 15) is 9.18 Å². The Bertz CT molecular complexity index is 1280. The molecule has 0 fully saturated rings. The standard InChI is InChI=1S/C22H26FN5O2S.CO2/c1-11-6-7-15(23)18(14(11)4)19(24)20(21-25-26-22(29)30-21)28-10-27(5)16-8-12(2)13(3)9-17(16)31-28;2-1-3/h6-9,19-20H,10,24H2,1-5H3,(H,26,29);/t19-,20?;/m1./s1. The molecule has 2 heterocycles. The monoisotopic (exact) mass is 487 g/mol. The first-order chi connectivity index (χ1) is 16.1. The molecule has 1 aliphatic heterocycles. The zero-order valence-electron chi connectivity index (χ0n) is 19.5. The lowest BCUT2D eigenvalue weighted by molar-refractivity contribution is -0.191. The number of hydrogen-bond donors (Lipinski definition) is 2. The predicted octanol–water partition coefficient (Wildman–Crippen LogP) is 3.31. The summed E-state index contributed by atoms with van der Waals surface area (Å²) >= 11 is 1.51. The molecule has 180 valence electrons. The molecule has 9 nitrogen and oxygen atoms in total. The summed E-state index contributed by atoms with van der Waals surface area (Å²) in [5, 5.41) is 6.36. The van der Waals surface area contributed by atoms with E-state index in [1.807, 2.05) is 25.2 Å². The van der Waals surface area contributed by atoms with Crippen LogP contribution in [0.15, 0.2) is 38.4 Å². The van der Waals surface area contributed by atoms with Gasteiger partial charge >= 0.3 is 11.9 Å². The van der Waals surface area contributed by atoms with Gasteiger partial charge in [0.15, 0.2) is 0 Å². The maximum atomic E-state index is 14.9. The van der Waals surface area contributed by atoms with E-state index >= 15 is 0 Å². The van der Waals surface area contributed by atoms with Crippen LogP contribution in [0.3, 0.4) is 0 Å². The summed E-state index contributed by atoms with van der Waals surface area (Å²) in [7, 11) is 1.99. The number of benzene rings is 2. The minimum Gasteiger partial charge on any atom is -0.391 e. The summed E-state index contributed by atoms with van der Waals surface area (Å²) < 4.78 is 22.2. The Labute approximate surface area is 200 Å². The number of H-pyrrole nitrogens is 1. The molecule has 1 aliphatic rings. The Morgan fingerprint density at radius 2 is 1.82 bits per heavy atom. The zero-order chi connectivity index (χ0) is 25.2. The highest BCUT2D eigenvalue weighted by atomic mass is 32.2. The maximum absolute atomic E-state index is 14.9. The van der Waals surface area contributed by atoms with Crippen LogP contribution < -0.4 is 16.4 Å². The Morgan fingerprint density at radius 3 is 2.44 bits per heavy atom. The van der Waals surface area contributed by atoms with Crippen LogP contribution >= 0.6 is 11.9 Å². The number of aromatic nitrogens is 2. The molecule has 0 bridgehead atoms. The van der Waals surface area contributed by atoms with Crippen LogP contribution in [0.4, 0.5) is 10.1 Å². The van der Waals surface area contributed by atoms with Gasteiger partial charge in [-0.1, -0.05) is 6.07 Å². The zero-order valence-corrected chi connectivity index (χ0v) is 20.3. The number of aromatic amines is 1. The summed E-state index contributed by atoms with van der Waals surface area (Å²) in [4.78, 5) is 31.1. The van der Waals surface area contributed by atoms with Crippen molar-refractivity contribution in [2.45, 2.75) is 44.7 Å². The molecule has 2 aromatic carbocycles. The van der Waals surface area contributed by atoms with Gasteiger partial charge < -0.3 is 15.1 Å². The minimum atomic E-state index is -0.805. The first-order valence-corrected chi connectivity index (χ1v) is 11.2. The third-order valence-electron chi connectivity index (χ3n) is 5.98. The number of halogens is 1. The van der Waals surface area contributed by atoms with Gasteiger partial charge in [0.25, 0.3) is 0 Å². The smallest absolute Gasteiger partial charge is 0.391 e. The van der Waals surface area contributed by atoms with Gasteiger partial charge in [0.05, 0.1) is 18.4 Å². The van der Waals surface area contributed by atoms with E-state index in [0.717, 1.165) is 21.7 Å². The molecule has 0 saturated heterocycles. The topological polar surface area (TPSA) is 126 Å². The number of anilines is 1. The van der Waals surface area contributed by atoms with Crippen LogP contribution in [0.5, 0.6) is 0 Å². The normalized spacial score (nSPS) is 15.1. The van der Waals surface area contributed by atoms with Gasteiger partial charge in [-0.15, -0.1) is 5.10 Å². The molecule has 34 heavy (non-hydrogen) atoms. The fourth-order valence-electron chi connectivity index (χ4n) is 3.93. The van der Waals surface area contributed by atoms with Crippen molar-refractivity contribution in [2.75, 3.05) is 18.6 Å². The van der Waals surface area contributed by atoms with Gasteiger partial charge in [-0.2, -0.15) is 9.59 Å². The summed E-state index contributed by atoms with van der Waals surface area (Å²) in [6, 6.07) is 5.96. The average Bonchev–Trinajstić information content (AvgIpc) is 3.19. The number of aryl methyl sites for hydroxylation is 3. The lowest BCUT2D eigenvalue weighted by atomic mass is 9.92. The molecule has 0 amide bonds. The molecule has 0 aliphatic carbocycles. The Hall–Kier alpha value is -3.24. The molecule has 1 aromatic heterocycles. The van der Waals surface area contributed by atoms with E-state index in [4.69, 9.17) is 19.7 Å². The van der Waals surface area contributed by atoms with Crippen LogP contribution in [0, 0.1) is 33.5 Å². The number of hydrogen-bond acceptors (Lipinski definition) is 9. The largest absolute Gasteiger partial charge is 0.434 e. The van der Waals surface area contributed by atoms with Crippen molar-refractivity contribution >= 4 is 23.8 Å². The Kier molecular flexibility index (Phi) is 7.73. The molecule has 1 unspecified atom stereocenters. The summed E-state index contributed by atoms with van der Waals surface area (Å²) in [6.45, 7) is 8.40. The highest BCUT2D eigenvalue weighted by Crippen LogP contribution is 2.46. The quantitative estimate of drug-likeness (QED) is 0.533. The molecule has 11 heteroatoms. The number of nitrogens with one attached hydrogen (secondary N) is 1. The molecule has 0 radical (unpaired) electrons. The van der Waals surface area contributed by atoms with Crippen LogP contribution in [-0.2, 0) is 9.59 Å². The van der Waals surface area contributed by atoms with Crippen molar-refractivity contribution in [3.8, 4) is 0 Å². The van der Waals surface area contributed by atoms with Crippen molar-refractivity contribution in [3.63, 3.8) is 0 Å². The first-order valence-electron chi connectivity index (χ1n) is 10.4. The average molecular weight is 488 g/mol. The molecule has 3 N–H and O–H groups in total. The SMILES string of the molecule is Cc1cc2c(cc1C)N(C)CN(C(c1n[nH]c(=O)o1)[C@H](N)c1c(F)ccc(C)c1C)S2.O=C=O. The third kappa shape index (κ3) is 4.97. The van der Waals surface area contributed by atoms with Gasteiger partial charge in [0, 0.05) is 17.5 Å². The summed E-state index contributed by atoms with van der Waals surface area (Å²) in [6.07, 6.45) is 0.250. The van der Waals surface area contributed by atoms with E-state index < -0.39 is 17.8 Å². The number of fused-ring (bicyclic) bond motifs is 1. The van der Waals surface area contributed by atoms with E-state index in [0.29, 0.717) is 12.2 Å². The van der Waals surface area contributed by atoms with Crippen molar-refractivity contribution in [3.05, 3.63) is 74.3 Å². The van der Waals surface area contributed by atoms with Crippen molar-refractivity contribution in [1.82, 2.24) is 14.5 Å². The van der Waals surface area contributed by atoms with Crippen molar-refractivity contribution in [1.29, 1.82) is 0 Å².